The molecule has 9 aromatic rings. The minimum Gasteiger partial charge on any atom is -0.331 e. The van der Waals surface area contributed by atoms with E-state index in [9.17, 15) is 0 Å². The average molecular weight is 989 g/mol. The molecule has 0 aliphatic carbocycles. The predicted octanol–water partition coefficient (Wildman–Crippen LogP) is 13.9. The van der Waals surface area contributed by atoms with Crippen LogP contribution < -0.4 is 5.19 Å². The summed E-state index contributed by atoms with van der Waals surface area (Å²) >= 11 is 1.60. The van der Waals surface area contributed by atoms with Gasteiger partial charge < -0.3 is 9.55 Å². The molecule has 0 aliphatic rings. The van der Waals surface area contributed by atoms with Crippen LogP contribution >= 0.6 is 11.3 Å². The number of thiophene rings is 1. The summed E-state index contributed by atoms with van der Waals surface area (Å²) in [4.78, 5) is 14.2. The number of hydrogen-bond donors (Lipinski definition) is 0. The standard InChI is InChI=1S/C37H32N3S.C15H18NSi.Ir/c1-22(2)29-19-26(25-11-7-6-8-12-25)20-30(23(3)4)35(29)40-32-21-38-18-17-31(32)39-37(40)28-16-15-24(5)34-27-13-9-10-14-33(27)41-36(28)34;1-12-5-7-13(8-6-12)15-10-9-14(11-16-15)17(2,3)4;/h6-15,17-23H,1-5H3;5-7,9-11H,1-4H3;/q2*-1;/i5D3;1D3;. The monoisotopic (exact) mass is 989 g/mol. The molecule has 5 aromatic carbocycles. The van der Waals surface area contributed by atoms with Gasteiger partial charge in [0.2, 0.25) is 0 Å². The number of nitrogens with zero attached hydrogens (tertiary/aromatic N) is 4. The van der Waals surface area contributed by atoms with Crippen molar-refractivity contribution in [2.24, 2.45) is 0 Å². The molecule has 4 nitrogen and oxygen atoms in total. The summed E-state index contributed by atoms with van der Waals surface area (Å²) in [5.41, 5.74) is 10.7. The zero-order chi connectivity index (χ0) is 45.7. The van der Waals surface area contributed by atoms with Gasteiger partial charge in [0.15, 0.2) is 0 Å². The molecule has 299 valence electrons. The molecule has 7 heteroatoms. The molecule has 0 atom stereocenters. The fourth-order valence-corrected chi connectivity index (χ4v) is 9.71. The van der Waals surface area contributed by atoms with Crippen LogP contribution in [0, 0.1) is 25.8 Å². The maximum Gasteiger partial charge on any atom is 0.0822 e. The normalized spacial score (nSPS) is 13.6. The Morgan fingerprint density at radius 3 is 2.15 bits per heavy atom. The summed E-state index contributed by atoms with van der Waals surface area (Å²) in [5.74, 6) is 1.18. The number of aryl methyl sites for hydroxylation is 2. The van der Waals surface area contributed by atoms with E-state index in [1.54, 1.807) is 35.7 Å². The van der Waals surface area contributed by atoms with Gasteiger partial charge in [0.1, 0.15) is 0 Å². The third kappa shape index (κ3) is 8.40. The molecule has 0 unspecified atom stereocenters. The van der Waals surface area contributed by atoms with Crippen molar-refractivity contribution in [2.75, 3.05) is 0 Å². The van der Waals surface area contributed by atoms with Gasteiger partial charge in [-0.25, -0.2) is 0 Å². The molecule has 0 N–H and O–H groups in total. The van der Waals surface area contributed by atoms with E-state index in [1.807, 2.05) is 48.8 Å². The number of benzene rings is 5. The molecule has 0 aliphatic heterocycles. The molecule has 0 saturated heterocycles. The number of imidazole rings is 1. The molecule has 1 radical (unpaired) electrons. The van der Waals surface area contributed by atoms with Crippen LogP contribution in [0.5, 0.6) is 0 Å². The van der Waals surface area contributed by atoms with Crippen LogP contribution in [0.2, 0.25) is 19.6 Å². The Hall–Kier alpha value is -5.04. The fourth-order valence-electron chi connectivity index (χ4n) is 7.45. The van der Waals surface area contributed by atoms with Crippen LogP contribution in [0.25, 0.3) is 70.7 Å². The Morgan fingerprint density at radius 2 is 1.51 bits per heavy atom. The summed E-state index contributed by atoms with van der Waals surface area (Å²) in [5, 5.41) is 3.00. The van der Waals surface area contributed by atoms with Crippen LogP contribution in [-0.2, 0) is 20.1 Å². The first-order valence-electron chi connectivity index (χ1n) is 22.7. The quantitative estimate of drug-likeness (QED) is 0.118. The molecular formula is C52H50IrN4SSi-2. The summed E-state index contributed by atoms with van der Waals surface area (Å²) in [7, 11) is -1.34. The second-order valence-electron chi connectivity index (χ2n) is 16.4. The Morgan fingerprint density at radius 1 is 0.763 bits per heavy atom. The van der Waals surface area contributed by atoms with Crippen molar-refractivity contribution in [1.82, 2.24) is 19.5 Å². The first kappa shape index (κ1) is 34.8. The van der Waals surface area contributed by atoms with Crippen molar-refractivity contribution in [3.05, 3.63) is 162 Å². The van der Waals surface area contributed by atoms with Gasteiger partial charge in [-0.1, -0.05) is 133 Å². The Kier molecular flexibility index (Phi) is 10.2. The number of rotatable bonds is 7. The van der Waals surface area contributed by atoms with Gasteiger partial charge in [0.05, 0.1) is 31.1 Å². The SMILES string of the molecule is [2H]C([2H])([2H])c1c[c-]c(-c2ccc([Si](C)(C)C)cn2)cc1.[2H]C([2H])([2H])c1c[c-]c(-c2nc3ccncc3n2-c2c(C(C)C)cc(-c3ccccc3)cc2C(C)C)c2sc3ccccc3c12.[Ir]. The maximum atomic E-state index is 8.34. The predicted molar refractivity (Wildman–Crippen MR) is 251 cm³/mol. The summed E-state index contributed by atoms with van der Waals surface area (Å²) in [6, 6.07) is 42.2. The van der Waals surface area contributed by atoms with Crippen molar-refractivity contribution in [3.8, 4) is 39.5 Å². The molecule has 9 rings (SSSR count). The zero-order valence-electron chi connectivity index (χ0n) is 40.3. The molecule has 0 saturated carbocycles. The molecule has 4 heterocycles. The smallest absolute Gasteiger partial charge is 0.0822 e. The van der Waals surface area contributed by atoms with E-state index in [0.717, 1.165) is 59.5 Å². The fraction of sp³-hybridized carbons (Fsp3) is 0.212. The van der Waals surface area contributed by atoms with Crippen LogP contribution in [0.3, 0.4) is 0 Å². The van der Waals surface area contributed by atoms with E-state index < -0.39 is 21.8 Å². The Labute approximate surface area is 376 Å². The number of hydrogen-bond acceptors (Lipinski definition) is 4. The topological polar surface area (TPSA) is 43.6 Å². The third-order valence-corrected chi connectivity index (χ3v) is 13.8. The van der Waals surface area contributed by atoms with E-state index in [-0.39, 0.29) is 31.9 Å². The van der Waals surface area contributed by atoms with Gasteiger partial charge in [-0.15, -0.1) is 53.1 Å². The molecule has 0 spiro atoms. The third-order valence-electron chi connectivity index (χ3n) is 10.6. The molecule has 4 aromatic heterocycles. The van der Waals surface area contributed by atoms with Crippen LogP contribution in [-0.4, -0.2) is 27.6 Å². The Bertz CT molecular complexity index is 3030. The summed E-state index contributed by atoms with van der Waals surface area (Å²) < 4.78 is 51.2. The van der Waals surface area contributed by atoms with Gasteiger partial charge in [0.25, 0.3) is 0 Å². The zero-order valence-corrected chi connectivity index (χ0v) is 38.5. The van der Waals surface area contributed by atoms with Gasteiger partial charge in [0, 0.05) is 51.1 Å². The van der Waals surface area contributed by atoms with E-state index in [0.29, 0.717) is 11.1 Å². The van der Waals surface area contributed by atoms with Crippen LogP contribution in [0.15, 0.2) is 128 Å². The largest absolute Gasteiger partial charge is 0.331 e. The van der Waals surface area contributed by atoms with E-state index in [1.165, 1.54) is 33.5 Å². The van der Waals surface area contributed by atoms with Crippen molar-refractivity contribution in [3.63, 3.8) is 0 Å². The number of aromatic nitrogens is 4. The minimum atomic E-state index is -2.27. The minimum absolute atomic E-state index is 0. The van der Waals surface area contributed by atoms with Crippen molar-refractivity contribution in [1.29, 1.82) is 0 Å². The second-order valence-corrected chi connectivity index (χ2v) is 22.5. The Balaban J connectivity index is 0.000000253. The maximum absolute atomic E-state index is 8.34. The molecule has 0 amide bonds. The van der Waals surface area contributed by atoms with Crippen molar-refractivity contribution in [2.45, 2.75) is 72.9 Å². The summed E-state index contributed by atoms with van der Waals surface area (Å²) in [6.07, 6.45) is 5.57. The molecular weight excluding hydrogens is 933 g/mol. The van der Waals surface area contributed by atoms with E-state index in [2.05, 4.69) is 123 Å². The van der Waals surface area contributed by atoms with Crippen LogP contribution in [0.1, 0.15) is 70.0 Å². The van der Waals surface area contributed by atoms with E-state index >= 15 is 0 Å². The van der Waals surface area contributed by atoms with Crippen molar-refractivity contribution >= 4 is 55.8 Å². The van der Waals surface area contributed by atoms with Gasteiger partial charge >= 0.3 is 0 Å². The second kappa shape index (κ2) is 17.3. The molecule has 0 fully saturated rings. The first-order valence-corrected chi connectivity index (χ1v) is 24.0. The molecule has 59 heavy (non-hydrogen) atoms. The number of pyridine rings is 2. The van der Waals surface area contributed by atoms with Gasteiger partial charge in [-0.2, -0.15) is 11.3 Å². The van der Waals surface area contributed by atoms with Gasteiger partial charge in [-0.3, -0.25) is 9.97 Å². The van der Waals surface area contributed by atoms with Gasteiger partial charge in [-0.05, 0) is 79.3 Å². The average Bonchev–Trinajstić information content (AvgIpc) is 3.84. The van der Waals surface area contributed by atoms with Crippen LogP contribution in [0.4, 0.5) is 0 Å². The van der Waals surface area contributed by atoms with E-state index in [4.69, 9.17) is 13.2 Å². The molecule has 0 bridgehead atoms. The first-order chi connectivity index (χ1) is 30.3. The number of fused-ring (bicyclic) bond motifs is 4. The van der Waals surface area contributed by atoms with Crippen molar-refractivity contribution < 1.29 is 28.3 Å². The summed E-state index contributed by atoms with van der Waals surface area (Å²) in [6.45, 7) is 11.4.